The number of benzene rings is 1. The van der Waals surface area contributed by atoms with Gasteiger partial charge in [-0.2, -0.15) is 0 Å². The Morgan fingerprint density at radius 2 is 2.15 bits per heavy atom. The molecule has 0 saturated heterocycles. The van der Waals surface area contributed by atoms with Crippen LogP contribution in [0.15, 0.2) is 52.4 Å². The number of pyridine rings is 1. The van der Waals surface area contributed by atoms with Crippen molar-refractivity contribution in [2.75, 3.05) is 6.54 Å². The number of thiophene rings is 1. The highest BCUT2D eigenvalue weighted by molar-refractivity contribution is 9.10. The minimum absolute atomic E-state index is 0.202. The van der Waals surface area contributed by atoms with E-state index in [0.29, 0.717) is 0 Å². The lowest BCUT2D eigenvalue weighted by molar-refractivity contribution is 0.638. The third-order valence-corrected chi connectivity index (χ3v) is 4.98. The van der Waals surface area contributed by atoms with Gasteiger partial charge in [0.25, 0.3) is 0 Å². The average molecular weight is 347 g/mol. The lowest BCUT2D eigenvalue weighted by Gasteiger charge is -2.17. The van der Waals surface area contributed by atoms with Crippen LogP contribution in [0, 0.1) is 0 Å². The first-order chi connectivity index (χ1) is 9.78. The Kier molecular flexibility index (Phi) is 4.15. The highest BCUT2D eigenvalue weighted by Gasteiger charge is 2.15. The van der Waals surface area contributed by atoms with Crippen LogP contribution in [0.5, 0.6) is 0 Å². The van der Waals surface area contributed by atoms with Crippen molar-refractivity contribution in [3.8, 4) is 0 Å². The molecule has 0 fully saturated rings. The molecule has 0 bridgehead atoms. The molecule has 0 amide bonds. The molecule has 0 aliphatic heterocycles. The van der Waals surface area contributed by atoms with Crippen LogP contribution in [-0.4, -0.2) is 11.5 Å². The van der Waals surface area contributed by atoms with Crippen LogP contribution in [0.4, 0.5) is 0 Å². The lowest BCUT2D eigenvalue weighted by atomic mass is 10.0. The minimum Gasteiger partial charge on any atom is -0.306 e. The van der Waals surface area contributed by atoms with E-state index < -0.39 is 0 Å². The molecule has 20 heavy (non-hydrogen) atoms. The summed E-state index contributed by atoms with van der Waals surface area (Å²) in [6.45, 7) is 3.05. The van der Waals surface area contributed by atoms with Gasteiger partial charge in [0.2, 0.25) is 0 Å². The molecule has 4 heteroatoms. The van der Waals surface area contributed by atoms with Crippen molar-refractivity contribution in [3.63, 3.8) is 0 Å². The summed E-state index contributed by atoms with van der Waals surface area (Å²) in [7, 11) is 0. The fourth-order valence-corrected chi connectivity index (χ4v) is 3.86. The molecule has 3 rings (SSSR count). The molecule has 3 aromatic rings. The van der Waals surface area contributed by atoms with Crippen molar-refractivity contribution in [2.45, 2.75) is 13.0 Å². The Hall–Kier alpha value is -1.23. The summed E-state index contributed by atoms with van der Waals surface area (Å²) in [5.74, 6) is 0. The Balaban J connectivity index is 2.04. The molecule has 2 nitrogen and oxygen atoms in total. The molecule has 1 aromatic carbocycles. The van der Waals surface area contributed by atoms with Gasteiger partial charge in [-0.15, -0.1) is 11.3 Å². The Morgan fingerprint density at radius 1 is 1.30 bits per heavy atom. The molecule has 2 aromatic heterocycles. The third kappa shape index (κ3) is 2.77. The summed E-state index contributed by atoms with van der Waals surface area (Å²) < 4.78 is 1.13. The van der Waals surface area contributed by atoms with Crippen LogP contribution >= 0.6 is 27.3 Å². The van der Waals surface area contributed by atoms with Gasteiger partial charge in [-0.05, 0) is 46.2 Å². The first-order valence-corrected chi connectivity index (χ1v) is 8.27. The topological polar surface area (TPSA) is 24.9 Å². The number of nitrogens with zero attached hydrogens (tertiary/aromatic N) is 1. The Labute approximate surface area is 131 Å². The van der Waals surface area contributed by atoms with Crippen molar-refractivity contribution < 1.29 is 0 Å². The minimum atomic E-state index is 0.202. The maximum absolute atomic E-state index is 4.57. The number of hydrogen-bond acceptors (Lipinski definition) is 3. The number of aromatic nitrogens is 1. The first-order valence-electron chi connectivity index (χ1n) is 6.60. The molecule has 102 valence electrons. The van der Waals surface area contributed by atoms with E-state index in [9.17, 15) is 0 Å². The number of para-hydroxylation sites is 1. The second-order valence-electron chi connectivity index (χ2n) is 4.62. The summed E-state index contributed by atoms with van der Waals surface area (Å²) in [6.07, 6.45) is 1.98. The zero-order valence-electron chi connectivity index (χ0n) is 11.1. The summed E-state index contributed by atoms with van der Waals surface area (Å²) in [4.78, 5) is 5.87. The van der Waals surface area contributed by atoms with Gasteiger partial charge in [-0.1, -0.05) is 25.1 Å². The van der Waals surface area contributed by atoms with Crippen LogP contribution in [-0.2, 0) is 0 Å². The summed E-state index contributed by atoms with van der Waals surface area (Å²) >= 11 is 5.29. The Morgan fingerprint density at radius 3 is 2.90 bits per heavy atom. The second-order valence-corrected chi connectivity index (χ2v) is 6.48. The van der Waals surface area contributed by atoms with Gasteiger partial charge in [-0.3, -0.25) is 4.98 Å². The van der Waals surface area contributed by atoms with Gasteiger partial charge < -0.3 is 5.32 Å². The molecule has 1 unspecified atom stereocenters. The largest absolute Gasteiger partial charge is 0.306 e. The highest BCUT2D eigenvalue weighted by Crippen LogP contribution is 2.30. The van der Waals surface area contributed by atoms with Crippen LogP contribution in [0.25, 0.3) is 10.9 Å². The van der Waals surface area contributed by atoms with Crippen LogP contribution in [0.3, 0.4) is 0 Å². The molecule has 0 saturated carbocycles. The maximum Gasteiger partial charge on any atom is 0.0702 e. The fraction of sp³-hybridized carbons (Fsp3) is 0.188. The zero-order valence-corrected chi connectivity index (χ0v) is 13.5. The van der Waals surface area contributed by atoms with Gasteiger partial charge in [0, 0.05) is 26.3 Å². The molecule has 0 spiro atoms. The van der Waals surface area contributed by atoms with Crippen LogP contribution in [0.2, 0.25) is 0 Å². The Bertz CT molecular complexity index is 723. The number of halogens is 1. The van der Waals surface area contributed by atoms with Gasteiger partial charge in [0.05, 0.1) is 11.6 Å². The standard InChI is InChI=1S/C16H15BrN2S/c1-2-18-16(15-8-13(17)10-20-15)12-7-11-5-3-4-6-14(11)19-9-12/h3-10,16,18H,2H2,1H3. The quantitative estimate of drug-likeness (QED) is 0.736. The van der Waals surface area contributed by atoms with Gasteiger partial charge in [0.15, 0.2) is 0 Å². The van der Waals surface area contributed by atoms with E-state index >= 15 is 0 Å². The first kappa shape index (κ1) is 13.7. The summed E-state index contributed by atoms with van der Waals surface area (Å²) in [6, 6.07) is 12.8. The number of fused-ring (bicyclic) bond motifs is 1. The molecular weight excluding hydrogens is 332 g/mol. The lowest BCUT2D eigenvalue weighted by Crippen LogP contribution is -2.21. The van der Waals surface area contributed by atoms with Crippen molar-refractivity contribution in [3.05, 3.63) is 62.9 Å². The smallest absolute Gasteiger partial charge is 0.0702 e. The normalized spacial score (nSPS) is 12.7. The molecule has 1 atom stereocenters. The van der Waals surface area contributed by atoms with Crippen LogP contribution < -0.4 is 5.32 Å². The van der Waals surface area contributed by atoms with Crippen molar-refractivity contribution in [2.24, 2.45) is 0 Å². The predicted molar refractivity (Wildman–Crippen MR) is 89.3 cm³/mol. The van der Waals surface area contributed by atoms with E-state index in [-0.39, 0.29) is 6.04 Å². The molecule has 0 aliphatic carbocycles. The molecule has 2 heterocycles. The molecular formula is C16H15BrN2S. The summed E-state index contributed by atoms with van der Waals surface area (Å²) in [5, 5.41) is 6.85. The maximum atomic E-state index is 4.57. The number of rotatable bonds is 4. The zero-order chi connectivity index (χ0) is 13.9. The van der Waals surface area contributed by atoms with Crippen molar-refractivity contribution in [1.29, 1.82) is 0 Å². The average Bonchev–Trinajstić information content (AvgIpc) is 2.90. The predicted octanol–water partition coefficient (Wildman–Crippen LogP) is 4.76. The van der Waals surface area contributed by atoms with Gasteiger partial charge in [0.1, 0.15) is 0 Å². The molecule has 0 radical (unpaired) electrons. The van der Waals surface area contributed by atoms with E-state index in [2.05, 4.69) is 62.8 Å². The number of hydrogen-bond donors (Lipinski definition) is 1. The second kappa shape index (κ2) is 6.04. The molecule has 0 aliphatic rings. The highest BCUT2D eigenvalue weighted by atomic mass is 79.9. The van der Waals surface area contributed by atoms with Crippen molar-refractivity contribution in [1.82, 2.24) is 10.3 Å². The van der Waals surface area contributed by atoms with E-state index in [1.807, 2.05) is 18.3 Å². The SMILES string of the molecule is CCNC(c1cnc2ccccc2c1)c1cc(Br)cs1. The van der Waals surface area contributed by atoms with E-state index in [4.69, 9.17) is 0 Å². The van der Waals surface area contributed by atoms with Crippen LogP contribution in [0.1, 0.15) is 23.4 Å². The van der Waals surface area contributed by atoms with Gasteiger partial charge in [-0.25, -0.2) is 0 Å². The number of nitrogens with one attached hydrogen (secondary N) is 1. The van der Waals surface area contributed by atoms with Crippen molar-refractivity contribution >= 4 is 38.2 Å². The van der Waals surface area contributed by atoms with E-state index in [0.717, 1.165) is 16.5 Å². The summed E-state index contributed by atoms with van der Waals surface area (Å²) in [5.41, 5.74) is 2.25. The van der Waals surface area contributed by atoms with Gasteiger partial charge >= 0.3 is 0 Å². The molecule has 1 N–H and O–H groups in total. The monoisotopic (exact) mass is 346 g/mol. The van der Waals surface area contributed by atoms with E-state index in [1.165, 1.54) is 15.8 Å². The third-order valence-electron chi connectivity index (χ3n) is 3.23. The fourth-order valence-electron chi connectivity index (χ4n) is 2.31. The van der Waals surface area contributed by atoms with E-state index in [1.54, 1.807) is 11.3 Å².